The maximum absolute atomic E-state index is 10.1. The molecule has 10 heteroatoms. The van der Waals surface area contributed by atoms with Gasteiger partial charge >= 0.3 is 16.4 Å². The third kappa shape index (κ3) is 29.2. The number of nitrogens with two attached hydrogens (primary N) is 2. The van der Waals surface area contributed by atoms with E-state index in [4.69, 9.17) is 34.1 Å². The Morgan fingerprint density at radius 3 is 1.88 bits per heavy atom. The number of aliphatic carboxylic acids is 1. The molecule has 0 aliphatic rings. The fourth-order valence-corrected chi connectivity index (χ4v) is 0.632. The summed E-state index contributed by atoms with van der Waals surface area (Å²) in [4.78, 5) is 10.1. The largest absolute Gasteiger partial charge is 0.480 e. The predicted octanol–water partition coefficient (Wildman–Crippen LogP) is -1.13. The van der Waals surface area contributed by atoms with Gasteiger partial charge in [-0.15, -0.1) is 0 Å². The van der Waals surface area contributed by atoms with Crippen LogP contribution in [0.1, 0.15) is 19.3 Å². The molecular formula is C6H16CuN2O6S. The number of unbranched alkanes of at least 4 members (excludes halogenated alkanes) is 1. The van der Waals surface area contributed by atoms with Gasteiger partial charge in [-0.25, -0.2) is 0 Å². The van der Waals surface area contributed by atoms with Gasteiger partial charge in [-0.1, -0.05) is 6.42 Å². The van der Waals surface area contributed by atoms with Gasteiger partial charge in [-0.2, -0.15) is 8.42 Å². The van der Waals surface area contributed by atoms with Crippen molar-refractivity contribution in [1.29, 1.82) is 0 Å². The molecule has 0 amide bonds. The topological polar surface area (TPSA) is 164 Å². The maximum Gasteiger partial charge on any atom is 0.394 e. The van der Waals surface area contributed by atoms with Crippen LogP contribution in [0.5, 0.6) is 0 Å². The Morgan fingerprint density at radius 1 is 1.25 bits per heavy atom. The predicted molar refractivity (Wildman–Crippen MR) is 52.7 cm³/mol. The van der Waals surface area contributed by atoms with Crippen LogP contribution in [0.25, 0.3) is 0 Å². The molecule has 0 aromatic heterocycles. The first kappa shape index (κ1) is 21.1. The van der Waals surface area contributed by atoms with Crippen LogP contribution in [0.4, 0.5) is 0 Å². The van der Waals surface area contributed by atoms with E-state index in [2.05, 4.69) is 0 Å². The number of hydrogen-bond acceptors (Lipinski definition) is 5. The molecule has 7 N–H and O–H groups in total. The minimum Gasteiger partial charge on any atom is -0.480 e. The molecule has 0 fully saturated rings. The molecule has 0 aliphatic heterocycles. The van der Waals surface area contributed by atoms with E-state index in [9.17, 15) is 4.79 Å². The molecular weight excluding hydrogens is 292 g/mol. The summed E-state index contributed by atoms with van der Waals surface area (Å²) in [5, 5.41) is 8.33. The van der Waals surface area contributed by atoms with Gasteiger partial charge in [0.2, 0.25) is 0 Å². The Morgan fingerprint density at radius 2 is 1.62 bits per heavy atom. The summed E-state index contributed by atoms with van der Waals surface area (Å²) < 4.78 is 31.6. The minimum absolute atomic E-state index is 0. The van der Waals surface area contributed by atoms with Gasteiger partial charge in [0.25, 0.3) is 0 Å². The van der Waals surface area contributed by atoms with Crippen molar-refractivity contribution in [2.45, 2.75) is 25.3 Å². The molecule has 1 atom stereocenters. The molecule has 0 spiro atoms. The van der Waals surface area contributed by atoms with E-state index in [1.807, 2.05) is 0 Å². The first-order chi connectivity index (χ1) is 6.68. The van der Waals surface area contributed by atoms with Crippen LogP contribution in [0.3, 0.4) is 0 Å². The van der Waals surface area contributed by atoms with E-state index >= 15 is 0 Å². The summed E-state index contributed by atoms with van der Waals surface area (Å²) in [5.74, 6) is -0.933. The van der Waals surface area contributed by atoms with Crippen molar-refractivity contribution in [3.05, 3.63) is 0 Å². The number of carboxylic acids is 1. The molecule has 0 unspecified atom stereocenters. The second kappa shape index (κ2) is 11.3. The van der Waals surface area contributed by atoms with E-state index < -0.39 is 22.4 Å². The minimum atomic E-state index is -4.67. The van der Waals surface area contributed by atoms with Crippen LogP contribution in [0.2, 0.25) is 0 Å². The van der Waals surface area contributed by atoms with Crippen molar-refractivity contribution in [3.8, 4) is 0 Å². The zero-order chi connectivity index (χ0) is 12.5. The molecule has 16 heavy (non-hydrogen) atoms. The third-order valence-corrected chi connectivity index (χ3v) is 1.29. The quantitative estimate of drug-likeness (QED) is 0.242. The molecule has 8 nitrogen and oxygen atoms in total. The van der Waals surface area contributed by atoms with Gasteiger partial charge in [0.1, 0.15) is 6.04 Å². The zero-order valence-electron chi connectivity index (χ0n) is 8.34. The Labute approximate surface area is 104 Å². The van der Waals surface area contributed by atoms with Crippen molar-refractivity contribution in [3.63, 3.8) is 0 Å². The van der Waals surface area contributed by atoms with Gasteiger partial charge in [-0.05, 0) is 19.4 Å². The smallest absolute Gasteiger partial charge is 0.394 e. The molecule has 0 rings (SSSR count). The summed E-state index contributed by atoms with van der Waals surface area (Å²) in [6.45, 7) is 0.604. The number of rotatable bonds is 5. The Hall–Kier alpha value is -0.221. The number of hydrogen-bond donors (Lipinski definition) is 5. The van der Waals surface area contributed by atoms with E-state index in [0.29, 0.717) is 13.0 Å². The van der Waals surface area contributed by atoms with Gasteiger partial charge in [0.05, 0.1) is 0 Å². The van der Waals surface area contributed by atoms with Crippen LogP contribution >= 0.6 is 0 Å². The SMILES string of the molecule is NCCCC[C@H](N)C(=O)O.O=S(=O)(O)O.[Cu]. The molecule has 0 saturated heterocycles. The van der Waals surface area contributed by atoms with Crippen LogP contribution in [0.15, 0.2) is 0 Å². The number of carboxylic acid groups (broad SMARTS) is 1. The first-order valence-corrected chi connectivity index (χ1v) is 5.46. The van der Waals surface area contributed by atoms with Crippen molar-refractivity contribution >= 4 is 16.4 Å². The second-order valence-corrected chi connectivity index (χ2v) is 3.57. The summed E-state index contributed by atoms with van der Waals surface area (Å²) in [7, 11) is -4.67. The first-order valence-electron chi connectivity index (χ1n) is 4.06. The van der Waals surface area contributed by atoms with Crippen LogP contribution < -0.4 is 11.5 Å². The Kier molecular flexibility index (Phi) is 14.9. The summed E-state index contributed by atoms with van der Waals surface area (Å²) in [6.07, 6.45) is 2.16. The Balaban J connectivity index is -0.000000242. The van der Waals surface area contributed by atoms with Crippen LogP contribution in [0, 0.1) is 0 Å². The van der Waals surface area contributed by atoms with Crippen LogP contribution in [-0.2, 0) is 32.3 Å². The van der Waals surface area contributed by atoms with Gasteiger partial charge in [-0.3, -0.25) is 13.9 Å². The normalized spacial score (nSPS) is 11.8. The van der Waals surface area contributed by atoms with Gasteiger partial charge in [0, 0.05) is 17.1 Å². The molecule has 103 valence electrons. The average Bonchev–Trinajstić information content (AvgIpc) is 2.01. The van der Waals surface area contributed by atoms with Crippen molar-refractivity contribution in [2.75, 3.05) is 6.54 Å². The maximum atomic E-state index is 10.1. The van der Waals surface area contributed by atoms with E-state index in [-0.39, 0.29) is 17.1 Å². The van der Waals surface area contributed by atoms with Gasteiger partial charge < -0.3 is 16.6 Å². The van der Waals surface area contributed by atoms with E-state index in [1.54, 1.807) is 0 Å². The molecule has 0 saturated carbocycles. The fourth-order valence-electron chi connectivity index (χ4n) is 0.632. The molecule has 0 aliphatic carbocycles. The number of carbonyl (C=O) groups is 1. The third-order valence-electron chi connectivity index (χ3n) is 1.29. The van der Waals surface area contributed by atoms with Crippen molar-refractivity contribution in [1.82, 2.24) is 0 Å². The summed E-state index contributed by atoms with van der Waals surface area (Å²) in [6, 6.07) is -0.716. The molecule has 0 heterocycles. The molecule has 1 radical (unpaired) electrons. The van der Waals surface area contributed by atoms with Crippen molar-refractivity contribution in [2.24, 2.45) is 11.5 Å². The van der Waals surface area contributed by atoms with E-state index in [1.165, 1.54) is 0 Å². The summed E-state index contributed by atoms with van der Waals surface area (Å²) >= 11 is 0. The van der Waals surface area contributed by atoms with E-state index in [0.717, 1.165) is 12.8 Å². The molecule has 0 aromatic rings. The Bertz CT molecular complexity index is 262. The standard InChI is InChI=1S/C6H14N2O2.Cu.H2O4S/c7-4-2-1-3-5(8)6(9)10;;1-5(2,3)4/h5H,1-4,7-8H2,(H,9,10);;(H2,1,2,3,4)/t5-;;/m0../s1. The second-order valence-electron chi connectivity index (χ2n) is 2.68. The average molecular weight is 308 g/mol. The zero-order valence-corrected chi connectivity index (χ0v) is 10.1. The van der Waals surface area contributed by atoms with Crippen molar-refractivity contribution < 1.29 is 44.5 Å². The monoisotopic (exact) mass is 307 g/mol. The summed E-state index contributed by atoms with van der Waals surface area (Å²) in [5.41, 5.74) is 10.4. The van der Waals surface area contributed by atoms with Gasteiger partial charge in [0.15, 0.2) is 0 Å². The molecule has 0 aromatic carbocycles. The van der Waals surface area contributed by atoms with Crippen LogP contribution in [-0.4, -0.2) is 41.2 Å². The fraction of sp³-hybridized carbons (Fsp3) is 0.833. The molecule has 0 bridgehead atoms.